The maximum Gasteiger partial charge on any atom is 0.314 e. The van der Waals surface area contributed by atoms with Gasteiger partial charge in [0.15, 0.2) is 17.3 Å². The molecule has 0 unspecified atom stereocenters. The highest BCUT2D eigenvalue weighted by Crippen LogP contribution is 2.62. The molecule has 0 saturated heterocycles. The maximum atomic E-state index is 12.9. The number of carboxylic acids is 1. The molecule has 1 fully saturated rings. The van der Waals surface area contributed by atoms with E-state index in [1.165, 1.54) is 0 Å². The number of hydrogen-bond acceptors (Lipinski definition) is 5. The molecule has 1 aromatic rings. The second-order valence-electron chi connectivity index (χ2n) is 8.66. The molecule has 2 aliphatic carbocycles. The Morgan fingerprint density at radius 2 is 1.69 bits per heavy atom. The van der Waals surface area contributed by atoms with E-state index in [1.807, 2.05) is 13.8 Å². The predicted molar refractivity (Wildman–Crippen MR) is 94.9 cm³/mol. The molecule has 0 spiro atoms. The Hall–Kier alpha value is -2.24. The summed E-state index contributed by atoms with van der Waals surface area (Å²) in [6, 6.07) is 0. The number of fused-ring (bicyclic) bond motifs is 3. The fraction of sp³-hybridized carbons (Fsp3) is 0.600. The Labute approximate surface area is 152 Å². The second kappa shape index (κ2) is 5.63. The van der Waals surface area contributed by atoms with E-state index in [9.17, 15) is 30.0 Å². The number of phenols is 3. The van der Waals surface area contributed by atoms with Gasteiger partial charge >= 0.3 is 5.97 Å². The van der Waals surface area contributed by atoms with E-state index < -0.39 is 40.0 Å². The van der Waals surface area contributed by atoms with E-state index >= 15 is 0 Å². The van der Waals surface area contributed by atoms with E-state index in [4.69, 9.17) is 0 Å². The van der Waals surface area contributed by atoms with Crippen molar-refractivity contribution in [3.05, 3.63) is 16.7 Å². The molecule has 0 amide bonds. The molecule has 3 rings (SSSR count). The standard InChI is InChI=1S/C20H26O6/c1-9(2)12-15(22)13-10(21)8-11-19(3,4)6-5-7-20(11,18(25)26)14(13)17(24)16(12)23/h9,11,22-24H,5-8H2,1-4H3,(H,25,26)/t11-,20+/m0/s1. The van der Waals surface area contributed by atoms with Crippen molar-refractivity contribution in [1.82, 2.24) is 0 Å². The average Bonchev–Trinajstić information content (AvgIpc) is 2.52. The molecule has 6 heteroatoms. The molecule has 0 heterocycles. The van der Waals surface area contributed by atoms with Gasteiger partial charge in [0, 0.05) is 17.5 Å². The van der Waals surface area contributed by atoms with Crippen LogP contribution in [0.5, 0.6) is 17.2 Å². The van der Waals surface area contributed by atoms with Crippen LogP contribution in [0, 0.1) is 11.3 Å². The van der Waals surface area contributed by atoms with Crippen molar-refractivity contribution in [3.8, 4) is 17.2 Å². The van der Waals surface area contributed by atoms with Gasteiger partial charge in [-0.1, -0.05) is 34.1 Å². The van der Waals surface area contributed by atoms with Crippen LogP contribution >= 0.6 is 0 Å². The zero-order valence-corrected chi connectivity index (χ0v) is 15.6. The summed E-state index contributed by atoms with van der Waals surface area (Å²) in [6.07, 6.45) is 1.65. The van der Waals surface area contributed by atoms with Gasteiger partial charge in [-0.15, -0.1) is 0 Å². The van der Waals surface area contributed by atoms with Crippen molar-refractivity contribution in [2.24, 2.45) is 11.3 Å². The lowest BCUT2D eigenvalue weighted by molar-refractivity contribution is -0.152. The minimum Gasteiger partial charge on any atom is -0.507 e. The largest absolute Gasteiger partial charge is 0.507 e. The van der Waals surface area contributed by atoms with Gasteiger partial charge in [-0.2, -0.15) is 0 Å². The number of aliphatic carboxylic acids is 1. The molecule has 4 N–H and O–H groups in total. The lowest BCUT2D eigenvalue weighted by Crippen LogP contribution is -2.55. The minimum atomic E-state index is -1.50. The molecule has 2 atom stereocenters. The average molecular weight is 362 g/mol. The number of Topliss-reactive ketones (excluding diaryl/α,β-unsaturated/α-hetero) is 1. The first kappa shape index (κ1) is 18.5. The van der Waals surface area contributed by atoms with Gasteiger partial charge in [0.1, 0.15) is 11.2 Å². The maximum absolute atomic E-state index is 12.9. The van der Waals surface area contributed by atoms with Gasteiger partial charge in [-0.3, -0.25) is 9.59 Å². The number of carbonyl (C=O) groups excluding carboxylic acids is 1. The lowest BCUT2D eigenvalue weighted by atomic mass is 9.49. The summed E-state index contributed by atoms with van der Waals surface area (Å²) in [5, 5.41) is 42.2. The number of ketones is 1. The number of phenolic OH excluding ortho intramolecular Hbond substituents is 3. The highest BCUT2D eigenvalue weighted by molar-refractivity contribution is 6.07. The third-order valence-corrected chi connectivity index (χ3v) is 6.46. The molecule has 0 aliphatic heterocycles. The van der Waals surface area contributed by atoms with Crippen molar-refractivity contribution >= 4 is 11.8 Å². The Balaban J connectivity index is 2.45. The third kappa shape index (κ3) is 2.17. The van der Waals surface area contributed by atoms with Crippen LogP contribution in [0.15, 0.2) is 0 Å². The topological polar surface area (TPSA) is 115 Å². The molecule has 2 aliphatic rings. The molecule has 26 heavy (non-hydrogen) atoms. The van der Waals surface area contributed by atoms with Crippen LogP contribution in [0.3, 0.4) is 0 Å². The number of aromatic hydroxyl groups is 3. The van der Waals surface area contributed by atoms with Crippen LogP contribution in [0.25, 0.3) is 0 Å². The van der Waals surface area contributed by atoms with Gasteiger partial charge in [-0.05, 0) is 30.1 Å². The van der Waals surface area contributed by atoms with Crippen molar-refractivity contribution < 1.29 is 30.0 Å². The number of carbonyl (C=O) groups is 2. The zero-order chi connectivity index (χ0) is 19.6. The molecule has 142 valence electrons. The fourth-order valence-electron chi connectivity index (χ4n) is 5.22. The molecule has 0 bridgehead atoms. The minimum absolute atomic E-state index is 0.00160. The van der Waals surface area contributed by atoms with Crippen molar-refractivity contribution in [1.29, 1.82) is 0 Å². The Morgan fingerprint density at radius 1 is 1.08 bits per heavy atom. The Morgan fingerprint density at radius 3 is 2.23 bits per heavy atom. The SMILES string of the molecule is CC(C)c1c(O)c(O)c2c(c1O)C(=O)C[C@H]1C(C)(C)CCC[C@]21C(=O)O. The summed E-state index contributed by atoms with van der Waals surface area (Å²) in [5.74, 6) is -3.90. The Kier molecular flexibility index (Phi) is 4.01. The first-order valence-corrected chi connectivity index (χ1v) is 9.04. The van der Waals surface area contributed by atoms with Crippen molar-refractivity contribution in [2.45, 2.75) is 64.7 Å². The third-order valence-electron chi connectivity index (χ3n) is 6.46. The highest BCUT2D eigenvalue weighted by Gasteiger charge is 2.61. The first-order valence-electron chi connectivity index (χ1n) is 9.04. The van der Waals surface area contributed by atoms with Crippen LogP contribution in [-0.4, -0.2) is 32.2 Å². The summed E-state index contributed by atoms with van der Waals surface area (Å²) >= 11 is 0. The van der Waals surface area contributed by atoms with Crippen LogP contribution in [0.2, 0.25) is 0 Å². The Bertz CT molecular complexity index is 807. The van der Waals surface area contributed by atoms with E-state index in [0.717, 1.165) is 6.42 Å². The summed E-state index contributed by atoms with van der Waals surface area (Å²) in [6.45, 7) is 7.30. The molecule has 6 nitrogen and oxygen atoms in total. The van der Waals surface area contributed by atoms with E-state index in [2.05, 4.69) is 0 Å². The number of rotatable bonds is 2. The van der Waals surface area contributed by atoms with E-state index in [1.54, 1.807) is 13.8 Å². The van der Waals surface area contributed by atoms with Crippen molar-refractivity contribution in [3.63, 3.8) is 0 Å². The highest BCUT2D eigenvalue weighted by atomic mass is 16.4. The molecule has 0 radical (unpaired) electrons. The molecule has 1 aromatic carbocycles. The van der Waals surface area contributed by atoms with Gasteiger partial charge in [0.2, 0.25) is 0 Å². The van der Waals surface area contributed by atoms with E-state index in [0.29, 0.717) is 6.42 Å². The van der Waals surface area contributed by atoms with Crippen LogP contribution < -0.4 is 0 Å². The molecule has 1 saturated carbocycles. The first-order chi connectivity index (χ1) is 12.0. The molecular weight excluding hydrogens is 336 g/mol. The molecular formula is C20H26O6. The summed E-state index contributed by atoms with van der Waals surface area (Å²) in [5.41, 5.74) is -2.10. The summed E-state index contributed by atoms with van der Waals surface area (Å²) in [4.78, 5) is 25.4. The summed E-state index contributed by atoms with van der Waals surface area (Å²) in [7, 11) is 0. The van der Waals surface area contributed by atoms with Crippen LogP contribution in [-0.2, 0) is 10.2 Å². The van der Waals surface area contributed by atoms with Gasteiger partial charge in [0.25, 0.3) is 0 Å². The quantitative estimate of drug-likeness (QED) is 0.471. The number of benzene rings is 1. The number of carboxylic acid groups (broad SMARTS) is 1. The van der Waals surface area contributed by atoms with Gasteiger partial charge < -0.3 is 20.4 Å². The lowest BCUT2D eigenvalue weighted by Gasteiger charge is -2.52. The van der Waals surface area contributed by atoms with Gasteiger partial charge in [0.05, 0.1) is 5.56 Å². The smallest absolute Gasteiger partial charge is 0.314 e. The van der Waals surface area contributed by atoms with Gasteiger partial charge in [-0.25, -0.2) is 0 Å². The van der Waals surface area contributed by atoms with E-state index in [-0.39, 0.29) is 41.2 Å². The predicted octanol–water partition coefficient (Wildman–Crippen LogP) is 3.66. The monoisotopic (exact) mass is 362 g/mol. The second-order valence-corrected chi connectivity index (χ2v) is 8.66. The fourth-order valence-corrected chi connectivity index (χ4v) is 5.22. The zero-order valence-electron chi connectivity index (χ0n) is 15.6. The molecule has 0 aromatic heterocycles. The normalized spacial score (nSPS) is 27.1. The van der Waals surface area contributed by atoms with Crippen LogP contribution in [0.4, 0.5) is 0 Å². The van der Waals surface area contributed by atoms with Crippen LogP contribution in [0.1, 0.15) is 80.8 Å². The van der Waals surface area contributed by atoms with Crippen molar-refractivity contribution in [2.75, 3.05) is 0 Å². The summed E-state index contributed by atoms with van der Waals surface area (Å²) < 4.78 is 0. The number of hydrogen-bond donors (Lipinski definition) is 4.